The van der Waals surface area contributed by atoms with Gasteiger partial charge in [-0.25, -0.2) is 9.78 Å². The van der Waals surface area contributed by atoms with Crippen molar-refractivity contribution >= 4 is 23.1 Å². The lowest BCUT2D eigenvalue weighted by Gasteiger charge is -2.31. The predicted molar refractivity (Wildman–Crippen MR) is 113 cm³/mol. The minimum absolute atomic E-state index is 0.0241. The van der Waals surface area contributed by atoms with Crippen LogP contribution in [-0.4, -0.2) is 42.6 Å². The first-order valence-electron chi connectivity index (χ1n) is 9.75. The minimum Gasteiger partial charge on any atom is -0.371 e. The first-order valence-corrected chi connectivity index (χ1v) is 10.6. The first kappa shape index (κ1) is 19.7. The van der Waals surface area contributed by atoms with E-state index < -0.39 is 0 Å². The van der Waals surface area contributed by atoms with Crippen LogP contribution in [0.3, 0.4) is 0 Å². The van der Waals surface area contributed by atoms with Crippen molar-refractivity contribution < 1.29 is 4.79 Å². The molecule has 27 heavy (non-hydrogen) atoms. The highest BCUT2D eigenvalue weighted by molar-refractivity contribution is 7.11. The van der Waals surface area contributed by atoms with Crippen molar-refractivity contribution in [3.8, 4) is 0 Å². The third kappa shape index (κ3) is 4.61. The molecule has 1 unspecified atom stereocenters. The standard InChI is InChI=1S/C21H30N4OS/c1-15(20-16(2)27-17(3)23-20)24(4)21(26)22-12-8-14-25-13-7-10-18-9-5-6-11-19(18)25/h5-6,9,11,15H,7-8,10,12-14H2,1-4H3,(H,22,26). The summed E-state index contributed by atoms with van der Waals surface area (Å²) in [4.78, 5) is 22.5. The summed E-state index contributed by atoms with van der Waals surface area (Å²) in [6, 6.07) is 8.60. The Bertz CT molecular complexity index is 788. The number of hydrogen-bond donors (Lipinski definition) is 1. The first-order chi connectivity index (χ1) is 13.0. The highest BCUT2D eigenvalue weighted by atomic mass is 32.1. The fourth-order valence-electron chi connectivity index (χ4n) is 3.73. The molecule has 5 nitrogen and oxygen atoms in total. The van der Waals surface area contributed by atoms with Gasteiger partial charge in [-0.05, 0) is 51.7 Å². The number of nitrogens with one attached hydrogen (secondary N) is 1. The molecule has 1 aliphatic rings. The molecule has 2 amide bonds. The second kappa shape index (κ2) is 8.74. The van der Waals surface area contributed by atoms with E-state index in [2.05, 4.69) is 46.4 Å². The van der Waals surface area contributed by atoms with E-state index in [0.29, 0.717) is 6.54 Å². The molecule has 0 aliphatic carbocycles. The van der Waals surface area contributed by atoms with Crippen LogP contribution in [-0.2, 0) is 6.42 Å². The molecule has 0 fully saturated rings. The second-order valence-corrected chi connectivity index (χ2v) is 8.67. The van der Waals surface area contributed by atoms with Gasteiger partial charge >= 0.3 is 6.03 Å². The lowest BCUT2D eigenvalue weighted by molar-refractivity contribution is 0.193. The number of benzene rings is 1. The summed E-state index contributed by atoms with van der Waals surface area (Å²) in [5.41, 5.74) is 3.80. The van der Waals surface area contributed by atoms with Gasteiger partial charge in [-0.1, -0.05) is 18.2 Å². The summed E-state index contributed by atoms with van der Waals surface area (Å²) in [5, 5.41) is 4.11. The van der Waals surface area contributed by atoms with E-state index in [1.54, 1.807) is 16.2 Å². The average molecular weight is 387 g/mol. The van der Waals surface area contributed by atoms with Crippen molar-refractivity contribution in [3.63, 3.8) is 0 Å². The van der Waals surface area contributed by atoms with Gasteiger partial charge in [0.1, 0.15) is 0 Å². The number of aromatic nitrogens is 1. The fraction of sp³-hybridized carbons (Fsp3) is 0.524. The molecule has 3 rings (SSSR count). The lowest BCUT2D eigenvalue weighted by atomic mass is 10.0. The number of fused-ring (bicyclic) bond motifs is 1. The number of aryl methyl sites for hydroxylation is 3. The normalized spacial score (nSPS) is 14.6. The van der Waals surface area contributed by atoms with Crippen LogP contribution in [0.1, 0.15) is 46.9 Å². The van der Waals surface area contributed by atoms with Crippen molar-refractivity contribution in [2.24, 2.45) is 0 Å². The van der Waals surface area contributed by atoms with Gasteiger partial charge < -0.3 is 15.1 Å². The molecule has 1 aromatic carbocycles. The monoisotopic (exact) mass is 386 g/mol. The predicted octanol–water partition coefficient (Wildman–Crippen LogP) is 4.31. The van der Waals surface area contributed by atoms with Crippen LogP contribution in [0, 0.1) is 13.8 Å². The highest BCUT2D eigenvalue weighted by Crippen LogP contribution is 2.27. The van der Waals surface area contributed by atoms with E-state index >= 15 is 0 Å². The number of rotatable bonds is 6. The summed E-state index contributed by atoms with van der Waals surface area (Å²) in [5.74, 6) is 0. The van der Waals surface area contributed by atoms with Crippen molar-refractivity contribution in [2.75, 3.05) is 31.6 Å². The quantitative estimate of drug-likeness (QED) is 0.753. The number of nitrogens with zero attached hydrogens (tertiary/aromatic N) is 3. The van der Waals surface area contributed by atoms with E-state index in [9.17, 15) is 4.79 Å². The Morgan fingerprint density at radius 3 is 2.89 bits per heavy atom. The van der Waals surface area contributed by atoms with Crippen molar-refractivity contribution in [3.05, 3.63) is 45.4 Å². The summed E-state index contributed by atoms with van der Waals surface area (Å²) < 4.78 is 0. The molecule has 0 saturated heterocycles. The van der Waals surface area contributed by atoms with Gasteiger partial charge in [-0.15, -0.1) is 11.3 Å². The molecule has 146 valence electrons. The molecule has 6 heteroatoms. The number of hydrogen-bond acceptors (Lipinski definition) is 4. The summed E-state index contributed by atoms with van der Waals surface area (Å²) in [6.07, 6.45) is 3.31. The molecule has 0 bridgehead atoms. The third-order valence-electron chi connectivity index (χ3n) is 5.32. The summed E-state index contributed by atoms with van der Waals surface area (Å²) >= 11 is 1.68. The van der Waals surface area contributed by atoms with Gasteiger partial charge in [-0.2, -0.15) is 0 Å². The number of amides is 2. The van der Waals surface area contributed by atoms with E-state index in [-0.39, 0.29) is 12.1 Å². The SMILES string of the molecule is Cc1nc(C(C)N(C)C(=O)NCCCN2CCCc3ccccc32)c(C)s1. The van der Waals surface area contributed by atoms with E-state index in [0.717, 1.165) is 30.2 Å². The van der Waals surface area contributed by atoms with Crippen molar-refractivity contribution in [1.82, 2.24) is 15.2 Å². The number of anilines is 1. The molecule has 0 radical (unpaired) electrons. The maximum Gasteiger partial charge on any atom is 0.317 e. The highest BCUT2D eigenvalue weighted by Gasteiger charge is 2.21. The fourth-order valence-corrected chi connectivity index (χ4v) is 4.63. The van der Waals surface area contributed by atoms with Gasteiger partial charge in [0.25, 0.3) is 0 Å². The number of carbonyl (C=O) groups excluding carboxylic acids is 1. The van der Waals surface area contributed by atoms with Crippen LogP contribution in [0.15, 0.2) is 24.3 Å². The molecule has 2 heterocycles. The smallest absolute Gasteiger partial charge is 0.317 e. The Morgan fingerprint density at radius 1 is 1.37 bits per heavy atom. The molecular formula is C21H30N4OS. The summed E-state index contributed by atoms with van der Waals surface area (Å²) in [7, 11) is 1.84. The van der Waals surface area contributed by atoms with Gasteiger partial charge in [0.05, 0.1) is 16.7 Å². The van der Waals surface area contributed by atoms with E-state index in [4.69, 9.17) is 0 Å². The molecule has 1 aromatic heterocycles. The Balaban J connectivity index is 1.47. The van der Waals surface area contributed by atoms with Crippen LogP contribution >= 0.6 is 11.3 Å². The van der Waals surface area contributed by atoms with Crippen LogP contribution in [0.2, 0.25) is 0 Å². The lowest BCUT2D eigenvalue weighted by Crippen LogP contribution is -2.40. The van der Waals surface area contributed by atoms with Gasteiger partial charge in [0, 0.05) is 37.2 Å². The molecule has 1 aliphatic heterocycles. The summed E-state index contributed by atoms with van der Waals surface area (Å²) in [6.45, 7) is 8.87. The van der Waals surface area contributed by atoms with Crippen LogP contribution in [0.25, 0.3) is 0 Å². The molecule has 1 atom stereocenters. The van der Waals surface area contributed by atoms with E-state index in [1.807, 2.05) is 20.9 Å². The van der Waals surface area contributed by atoms with Gasteiger partial charge in [0.2, 0.25) is 0 Å². The number of para-hydroxylation sites is 1. The minimum atomic E-state index is -0.0356. The van der Waals surface area contributed by atoms with Crippen LogP contribution < -0.4 is 10.2 Å². The Hall–Kier alpha value is -2.08. The van der Waals surface area contributed by atoms with Crippen LogP contribution in [0.4, 0.5) is 10.5 Å². The second-order valence-electron chi connectivity index (χ2n) is 7.27. The van der Waals surface area contributed by atoms with Gasteiger partial charge in [-0.3, -0.25) is 0 Å². The average Bonchev–Trinajstić information content (AvgIpc) is 3.02. The Kier molecular flexibility index (Phi) is 6.37. The Labute approximate surface area is 166 Å². The number of thiazole rings is 1. The molecule has 2 aromatic rings. The van der Waals surface area contributed by atoms with E-state index in [1.165, 1.54) is 29.0 Å². The maximum absolute atomic E-state index is 12.5. The molecule has 0 saturated carbocycles. The molecule has 1 N–H and O–H groups in total. The van der Waals surface area contributed by atoms with Crippen molar-refractivity contribution in [2.45, 2.75) is 46.1 Å². The zero-order valence-corrected chi connectivity index (χ0v) is 17.6. The largest absolute Gasteiger partial charge is 0.371 e. The molecule has 0 spiro atoms. The number of urea groups is 1. The number of carbonyl (C=O) groups is 1. The Morgan fingerprint density at radius 2 is 2.15 bits per heavy atom. The van der Waals surface area contributed by atoms with Crippen molar-refractivity contribution in [1.29, 1.82) is 0 Å². The zero-order chi connectivity index (χ0) is 19.4. The van der Waals surface area contributed by atoms with Gasteiger partial charge in [0.15, 0.2) is 0 Å². The maximum atomic E-state index is 12.5. The third-order valence-corrected chi connectivity index (χ3v) is 6.23. The zero-order valence-electron chi connectivity index (χ0n) is 16.8. The van der Waals surface area contributed by atoms with Crippen LogP contribution in [0.5, 0.6) is 0 Å². The topological polar surface area (TPSA) is 48.5 Å². The molecular weight excluding hydrogens is 356 g/mol.